The fourth-order valence-electron chi connectivity index (χ4n) is 5.33. The summed E-state index contributed by atoms with van der Waals surface area (Å²) in [6, 6.07) is 21.4. The largest absolute Gasteiger partial charge is 0.488 e. The van der Waals surface area contributed by atoms with Gasteiger partial charge in [-0.2, -0.15) is 4.98 Å². The van der Waals surface area contributed by atoms with Crippen LogP contribution < -0.4 is 16.1 Å². The van der Waals surface area contributed by atoms with Crippen molar-refractivity contribution in [1.82, 2.24) is 19.9 Å². The van der Waals surface area contributed by atoms with Crippen molar-refractivity contribution in [3.63, 3.8) is 0 Å². The number of carbonyl (C=O) groups is 2. The first-order valence-corrected chi connectivity index (χ1v) is 24.9. The Morgan fingerprint density at radius 3 is 1.65 bits per heavy atom. The Bertz CT molecular complexity index is 3070. The lowest BCUT2D eigenvalue weighted by Crippen LogP contribution is -2.29. The molecule has 0 aliphatic heterocycles. The molecule has 0 bridgehead atoms. The Kier molecular flexibility index (Phi) is 20.3. The maximum absolute atomic E-state index is 13.4. The van der Waals surface area contributed by atoms with E-state index >= 15 is 0 Å². The molecule has 4 aromatic carbocycles. The molecule has 6 aromatic rings. The van der Waals surface area contributed by atoms with E-state index in [4.69, 9.17) is 42.7 Å². The lowest BCUT2D eigenvalue weighted by molar-refractivity contribution is -0.138. The molecule has 0 fully saturated rings. The van der Waals surface area contributed by atoms with Gasteiger partial charge in [-0.25, -0.2) is 50.2 Å². The van der Waals surface area contributed by atoms with Gasteiger partial charge in [0.2, 0.25) is 11.9 Å². The zero-order valence-corrected chi connectivity index (χ0v) is 40.9. The van der Waals surface area contributed by atoms with Crippen molar-refractivity contribution in [3.05, 3.63) is 147 Å². The topological polar surface area (TPSA) is 237 Å². The van der Waals surface area contributed by atoms with Gasteiger partial charge in [-0.15, -0.1) is 0 Å². The molecule has 0 aliphatic rings. The van der Waals surface area contributed by atoms with Crippen LogP contribution in [0.3, 0.4) is 0 Å². The molecule has 16 nitrogen and oxygen atoms in total. The Morgan fingerprint density at radius 1 is 0.706 bits per heavy atom. The number of anilines is 4. The fourth-order valence-corrected chi connectivity index (χ4v) is 8.24. The van der Waals surface area contributed by atoms with Gasteiger partial charge >= 0.3 is 19.1 Å². The summed E-state index contributed by atoms with van der Waals surface area (Å²) in [5, 5.41) is 23.0. The van der Waals surface area contributed by atoms with Crippen LogP contribution in [0, 0.1) is 11.6 Å². The number of rotatable bonds is 14. The zero-order valence-electron chi connectivity index (χ0n) is 36.2. The predicted octanol–water partition coefficient (Wildman–Crippen LogP) is 7.78. The van der Waals surface area contributed by atoms with Crippen LogP contribution in [0.2, 0.25) is 10.0 Å². The van der Waals surface area contributed by atoms with Crippen LogP contribution in [-0.4, -0.2) is 91.6 Å². The molecule has 0 aliphatic carbocycles. The van der Waals surface area contributed by atoms with E-state index in [1.165, 1.54) is 60.9 Å². The van der Waals surface area contributed by atoms with Gasteiger partial charge in [0.05, 0.1) is 27.7 Å². The van der Waals surface area contributed by atoms with Crippen LogP contribution in [0.25, 0.3) is 23.3 Å². The summed E-state index contributed by atoms with van der Waals surface area (Å²) in [6.45, 7) is 4.04. The molecule has 2 heterocycles. The van der Waals surface area contributed by atoms with Crippen LogP contribution in [0.15, 0.2) is 124 Å². The van der Waals surface area contributed by atoms with E-state index < -0.39 is 50.4 Å². The molecule has 0 radical (unpaired) electrons. The van der Waals surface area contributed by atoms with E-state index in [1.807, 2.05) is 0 Å². The number of nitrogens with one attached hydrogen (secondary N) is 2. The number of sulfone groups is 2. The molecule has 0 saturated carbocycles. The number of ether oxygens (including phenoxy) is 2. The molecule has 0 atom stereocenters. The highest BCUT2D eigenvalue weighted by molar-refractivity contribution is 9.10. The van der Waals surface area contributed by atoms with Crippen LogP contribution in [0.1, 0.15) is 25.0 Å². The summed E-state index contributed by atoms with van der Waals surface area (Å²) >= 11 is 14.5. The molecule has 0 amide bonds. The number of esters is 2. The van der Waals surface area contributed by atoms with Crippen molar-refractivity contribution < 1.29 is 54.7 Å². The standard InChI is InChI=1S/C22H19ClFN3O4S.C11H13BO4.C11H8BrClFN3O2S/c1-3-31-20(28)10-7-14-5-4-6-15(11-14)17-13-25-22(27-21(17)32(2,29)30)26-16-8-9-19(24)18(23)12-16;1-2-16-11(13)7-6-9-4-3-5-10(8-9)12(14)15;1-20(18,19)10-7(12)5-15-11(17-10)16-6-2-3-9(14)8(13)4-6/h4-13H,3H2,1-2H3,(H,25,26,27);3-8,14-15H,2H2,1H3;2-5H,1H3,(H,15,16,17)/b10-7+;7-6+;. The van der Waals surface area contributed by atoms with E-state index in [-0.39, 0.29) is 43.1 Å². The highest BCUT2D eigenvalue weighted by atomic mass is 79.9. The summed E-state index contributed by atoms with van der Waals surface area (Å²) < 4.78 is 84.2. The minimum absolute atomic E-state index is 0.00945. The maximum Gasteiger partial charge on any atom is 0.488 e. The smallest absolute Gasteiger partial charge is 0.463 e. The van der Waals surface area contributed by atoms with E-state index in [1.54, 1.807) is 74.5 Å². The number of hydrogen-bond acceptors (Lipinski definition) is 16. The number of aromatic nitrogens is 4. The Labute approximate surface area is 409 Å². The quantitative estimate of drug-likeness (QED) is 0.0353. The monoisotopic (exact) mass is 1070 g/mol. The molecular formula is C44H40BBrCl2F2N6O10S2. The second kappa shape index (κ2) is 25.3. The lowest BCUT2D eigenvalue weighted by Gasteiger charge is -2.11. The molecule has 356 valence electrons. The first-order chi connectivity index (χ1) is 32.1. The van der Waals surface area contributed by atoms with Gasteiger partial charge < -0.3 is 30.2 Å². The minimum atomic E-state index is -3.73. The normalized spacial score (nSPS) is 11.2. The second-order valence-corrected chi connectivity index (χ2v) is 19.2. The van der Waals surface area contributed by atoms with Crippen molar-refractivity contribution in [2.24, 2.45) is 0 Å². The third-order valence-electron chi connectivity index (χ3n) is 8.32. The Morgan fingerprint density at radius 2 is 1.18 bits per heavy atom. The molecule has 4 N–H and O–H groups in total. The van der Waals surface area contributed by atoms with Crippen LogP contribution in [-0.2, 0) is 38.7 Å². The fraction of sp³-hybridized carbons (Fsp3) is 0.136. The number of nitrogens with zero attached hydrogens (tertiary/aromatic N) is 4. The number of carbonyl (C=O) groups excluding carboxylic acids is 2. The lowest BCUT2D eigenvalue weighted by atomic mass is 9.79. The maximum atomic E-state index is 13.4. The SMILES string of the molecule is CCOC(=O)/C=C/c1cccc(-c2cnc(Nc3ccc(F)c(Cl)c3)nc2S(C)(=O)=O)c1.CCOC(=O)/C=C/c1cccc(B(O)O)c1.CS(=O)(=O)c1nc(Nc2ccc(F)c(Cl)c2)ncc1Br. The molecule has 6 rings (SSSR count). The van der Waals surface area contributed by atoms with E-state index in [0.29, 0.717) is 45.7 Å². The predicted molar refractivity (Wildman–Crippen MR) is 260 cm³/mol. The Hall–Kier alpha value is -6.14. The van der Waals surface area contributed by atoms with Gasteiger partial charge in [0.1, 0.15) is 11.6 Å². The molecule has 0 spiro atoms. The molecule has 68 heavy (non-hydrogen) atoms. The van der Waals surface area contributed by atoms with Crippen LogP contribution in [0.4, 0.5) is 32.1 Å². The third-order valence-corrected chi connectivity index (χ3v) is 11.8. The van der Waals surface area contributed by atoms with Crippen molar-refractivity contribution in [2.75, 3.05) is 36.4 Å². The highest BCUT2D eigenvalue weighted by Gasteiger charge is 2.20. The number of halogens is 5. The Balaban J connectivity index is 0.000000240. The van der Waals surface area contributed by atoms with Crippen molar-refractivity contribution in [3.8, 4) is 11.1 Å². The molecule has 24 heteroatoms. The summed E-state index contributed by atoms with van der Waals surface area (Å²) in [5.74, 6) is -1.95. The van der Waals surface area contributed by atoms with Gasteiger partial charge in [-0.1, -0.05) is 65.7 Å². The zero-order chi connectivity index (χ0) is 50.2. The van der Waals surface area contributed by atoms with Gasteiger partial charge in [-0.05, 0) is 107 Å². The number of benzene rings is 4. The molecular weight excluding hydrogens is 1040 g/mol. The van der Waals surface area contributed by atoms with Crippen molar-refractivity contribution in [2.45, 2.75) is 23.9 Å². The third kappa shape index (κ3) is 17.2. The van der Waals surface area contributed by atoms with E-state index in [2.05, 4.69) is 46.5 Å². The van der Waals surface area contributed by atoms with Gasteiger partial charge in [0, 0.05) is 54.0 Å². The van der Waals surface area contributed by atoms with Crippen LogP contribution in [0.5, 0.6) is 0 Å². The summed E-state index contributed by atoms with van der Waals surface area (Å²) in [7, 11) is -8.72. The average molecular weight is 1080 g/mol. The summed E-state index contributed by atoms with van der Waals surface area (Å²) in [5.41, 5.74) is 3.44. The average Bonchev–Trinajstić information content (AvgIpc) is 3.28. The van der Waals surface area contributed by atoms with Gasteiger partial charge in [0.15, 0.2) is 29.7 Å². The van der Waals surface area contributed by atoms with E-state index in [0.717, 1.165) is 12.5 Å². The van der Waals surface area contributed by atoms with Gasteiger partial charge in [0.25, 0.3) is 0 Å². The van der Waals surface area contributed by atoms with Crippen molar-refractivity contribution in [1.29, 1.82) is 0 Å². The summed E-state index contributed by atoms with van der Waals surface area (Å²) in [6.07, 6.45) is 10.5. The molecule has 0 unspecified atom stereocenters. The molecule has 0 saturated heterocycles. The number of hydrogen-bond donors (Lipinski definition) is 4. The van der Waals surface area contributed by atoms with Crippen molar-refractivity contribution >= 4 is 119 Å². The van der Waals surface area contributed by atoms with Gasteiger partial charge in [-0.3, -0.25) is 0 Å². The second-order valence-electron chi connectivity index (χ2n) is 13.7. The molecule has 2 aromatic heterocycles. The van der Waals surface area contributed by atoms with E-state index in [9.17, 15) is 35.2 Å². The van der Waals surface area contributed by atoms with Crippen LogP contribution >= 0.6 is 39.1 Å². The highest BCUT2D eigenvalue weighted by Crippen LogP contribution is 2.29. The first-order valence-electron chi connectivity index (χ1n) is 19.6. The minimum Gasteiger partial charge on any atom is -0.463 e. The first kappa shape index (κ1) is 54.5. The summed E-state index contributed by atoms with van der Waals surface area (Å²) in [4.78, 5) is 38.7.